The van der Waals surface area contributed by atoms with Crippen LogP contribution in [-0.4, -0.2) is 24.5 Å². The minimum atomic E-state index is 0.829. The lowest BCUT2D eigenvalue weighted by Crippen LogP contribution is -2.25. The predicted molar refractivity (Wildman–Crippen MR) is 60.4 cm³/mol. The third-order valence-corrected chi connectivity index (χ3v) is 3.28. The second-order valence-electron chi connectivity index (χ2n) is 4.30. The highest BCUT2D eigenvalue weighted by molar-refractivity contribution is 5.14. The van der Waals surface area contributed by atoms with Crippen molar-refractivity contribution in [2.24, 2.45) is 0 Å². The van der Waals surface area contributed by atoms with Gasteiger partial charge in [0.25, 0.3) is 0 Å². The molecule has 1 heteroatoms. The summed E-state index contributed by atoms with van der Waals surface area (Å²) in [5.41, 5.74) is 1.48. The maximum absolute atomic E-state index is 2.50. The first-order valence-electron chi connectivity index (χ1n) is 5.60. The van der Waals surface area contributed by atoms with Crippen molar-refractivity contribution in [2.75, 3.05) is 13.6 Å². The Hall–Kier alpha value is -0.820. The van der Waals surface area contributed by atoms with Crippen molar-refractivity contribution in [2.45, 2.75) is 31.7 Å². The maximum atomic E-state index is 2.50. The Morgan fingerprint density at radius 1 is 1.29 bits per heavy atom. The molecule has 1 aliphatic heterocycles. The van der Waals surface area contributed by atoms with Gasteiger partial charge in [-0.05, 0) is 44.8 Å². The number of hydrogen-bond acceptors (Lipinski definition) is 1. The molecule has 1 aromatic rings. The Labute approximate surface area is 86.7 Å². The van der Waals surface area contributed by atoms with Crippen LogP contribution in [0.5, 0.6) is 0 Å². The minimum absolute atomic E-state index is 0.829. The van der Waals surface area contributed by atoms with E-state index in [1.807, 2.05) is 0 Å². The van der Waals surface area contributed by atoms with Crippen molar-refractivity contribution in [3.8, 4) is 0 Å². The van der Waals surface area contributed by atoms with Crippen LogP contribution in [0.3, 0.4) is 0 Å². The van der Waals surface area contributed by atoms with E-state index in [4.69, 9.17) is 0 Å². The fraction of sp³-hybridized carbons (Fsp3) is 0.538. The summed E-state index contributed by atoms with van der Waals surface area (Å²) in [5, 5.41) is 0. The quantitative estimate of drug-likeness (QED) is 0.706. The van der Waals surface area contributed by atoms with Gasteiger partial charge in [-0.3, -0.25) is 0 Å². The van der Waals surface area contributed by atoms with E-state index in [1.165, 1.54) is 37.8 Å². The molecule has 0 unspecified atom stereocenters. The zero-order valence-electron chi connectivity index (χ0n) is 8.95. The first-order valence-corrected chi connectivity index (χ1v) is 5.60. The number of rotatable bonds is 3. The molecule has 0 amide bonds. The second kappa shape index (κ2) is 4.61. The zero-order chi connectivity index (χ0) is 9.80. The number of nitrogens with zero attached hydrogens (tertiary/aromatic N) is 1. The van der Waals surface area contributed by atoms with E-state index < -0.39 is 0 Å². The largest absolute Gasteiger partial charge is 0.303 e. The van der Waals surface area contributed by atoms with Crippen LogP contribution in [-0.2, 0) is 6.42 Å². The Morgan fingerprint density at radius 2 is 2.07 bits per heavy atom. The van der Waals surface area contributed by atoms with Crippen LogP contribution in [0.4, 0.5) is 0 Å². The van der Waals surface area contributed by atoms with Crippen LogP contribution < -0.4 is 0 Å². The predicted octanol–water partition coefficient (Wildman–Crippen LogP) is 2.71. The lowest BCUT2D eigenvalue weighted by molar-refractivity contribution is 0.296. The lowest BCUT2D eigenvalue weighted by atomic mass is 10.0. The van der Waals surface area contributed by atoms with Gasteiger partial charge >= 0.3 is 0 Å². The molecule has 0 N–H and O–H groups in total. The molecule has 76 valence electrons. The maximum Gasteiger partial charge on any atom is 0.00958 e. The minimum Gasteiger partial charge on any atom is -0.303 e. The van der Waals surface area contributed by atoms with Gasteiger partial charge < -0.3 is 4.90 Å². The van der Waals surface area contributed by atoms with Crippen LogP contribution in [0.1, 0.15) is 24.8 Å². The fourth-order valence-corrected chi connectivity index (χ4v) is 2.32. The van der Waals surface area contributed by atoms with Crippen molar-refractivity contribution in [3.63, 3.8) is 0 Å². The van der Waals surface area contributed by atoms with Crippen molar-refractivity contribution >= 4 is 0 Å². The molecular weight excluding hydrogens is 170 g/mol. The van der Waals surface area contributed by atoms with E-state index >= 15 is 0 Å². The second-order valence-corrected chi connectivity index (χ2v) is 4.30. The number of hydrogen-bond donors (Lipinski definition) is 0. The average molecular weight is 189 g/mol. The van der Waals surface area contributed by atoms with Gasteiger partial charge in [0.1, 0.15) is 0 Å². The van der Waals surface area contributed by atoms with Gasteiger partial charge in [0.2, 0.25) is 0 Å². The molecule has 1 nitrogen and oxygen atoms in total. The van der Waals surface area contributed by atoms with E-state index in [9.17, 15) is 0 Å². The van der Waals surface area contributed by atoms with E-state index in [0.717, 1.165) is 6.04 Å². The van der Waals surface area contributed by atoms with Gasteiger partial charge in [0.05, 0.1) is 0 Å². The summed E-state index contributed by atoms with van der Waals surface area (Å²) in [6, 6.07) is 11.6. The first kappa shape index (κ1) is 9.72. The Bertz CT molecular complexity index is 268. The van der Waals surface area contributed by atoms with Crippen molar-refractivity contribution < 1.29 is 0 Å². The molecule has 0 aliphatic carbocycles. The lowest BCUT2D eigenvalue weighted by Gasteiger charge is -2.18. The van der Waals surface area contributed by atoms with Crippen LogP contribution in [0.25, 0.3) is 0 Å². The van der Waals surface area contributed by atoms with Crippen molar-refractivity contribution in [3.05, 3.63) is 35.9 Å². The standard InChI is InChI=1S/C13H19N/c1-14-11-5-8-13(14)10-9-12-6-3-2-4-7-12/h2-4,6-7,13H,5,8-11H2,1H3/t13-/m0/s1. The van der Waals surface area contributed by atoms with Crippen LogP contribution in [0.2, 0.25) is 0 Å². The molecule has 2 rings (SSSR count). The van der Waals surface area contributed by atoms with Gasteiger partial charge in [-0.1, -0.05) is 30.3 Å². The molecule has 1 aromatic carbocycles. The molecule has 0 aromatic heterocycles. The first-order chi connectivity index (χ1) is 6.86. The van der Waals surface area contributed by atoms with Gasteiger partial charge in [0, 0.05) is 6.04 Å². The molecule has 1 atom stereocenters. The van der Waals surface area contributed by atoms with Gasteiger partial charge in [-0.25, -0.2) is 0 Å². The molecule has 0 bridgehead atoms. The molecule has 0 radical (unpaired) electrons. The zero-order valence-corrected chi connectivity index (χ0v) is 8.95. The van der Waals surface area contributed by atoms with Crippen molar-refractivity contribution in [1.82, 2.24) is 4.90 Å². The van der Waals surface area contributed by atoms with E-state index in [2.05, 4.69) is 42.3 Å². The summed E-state index contributed by atoms with van der Waals surface area (Å²) in [7, 11) is 2.25. The van der Waals surface area contributed by atoms with Gasteiger partial charge in [-0.15, -0.1) is 0 Å². The SMILES string of the molecule is CN1CCC[C@H]1CCc1ccccc1. The van der Waals surface area contributed by atoms with Gasteiger partial charge in [-0.2, -0.15) is 0 Å². The summed E-state index contributed by atoms with van der Waals surface area (Å²) in [5.74, 6) is 0. The number of benzene rings is 1. The normalized spacial score (nSPS) is 22.8. The molecule has 1 heterocycles. The highest BCUT2D eigenvalue weighted by atomic mass is 15.1. The Balaban J connectivity index is 1.82. The molecule has 14 heavy (non-hydrogen) atoms. The highest BCUT2D eigenvalue weighted by Crippen LogP contribution is 2.19. The molecule has 0 saturated carbocycles. The van der Waals surface area contributed by atoms with Crippen LogP contribution in [0, 0.1) is 0 Å². The van der Waals surface area contributed by atoms with Crippen molar-refractivity contribution in [1.29, 1.82) is 0 Å². The highest BCUT2D eigenvalue weighted by Gasteiger charge is 2.19. The molecular formula is C13H19N. The van der Waals surface area contributed by atoms with E-state index in [-0.39, 0.29) is 0 Å². The van der Waals surface area contributed by atoms with E-state index in [1.54, 1.807) is 0 Å². The third-order valence-electron chi connectivity index (χ3n) is 3.28. The molecule has 1 saturated heterocycles. The van der Waals surface area contributed by atoms with Crippen LogP contribution >= 0.6 is 0 Å². The molecule has 0 spiro atoms. The molecule has 1 fully saturated rings. The van der Waals surface area contributed by atoms with E-state index in [0.29, 0.717) is 0 Å². The summed E-state index contributed by atoms with van der Waals surface area (Å²) < 4.78 is 0. The smallest absolute Gasteiger partial charge is 0.00958 e. The van der Waals surface area contributed by atoms with Gasteiger partial charge in [0.15, 0.2) is 0 Å². The average Bonchev–Trinajstić information content (AvgIpc) is 2.63. The topological polar surface area (TPSA) is 3.24 Å². The number of likely N-dealkylation sites (tertiary alicyclic amines) is 1. The summed E-state index contributed by atoms with van der Waals surface area (Å²) >= 11 is 0. The fourth-order valence-electron chi connectivity index (χ4n) is 2.32. The summed E-state index contributed by atoms with van der Waals surface area (Å²) in [6.45, 7) is 1.29. The third kappa shape index (κ3) is 2.36. The monoisotopic (exact) mass is 189 g/mol. The summed E-state index contributed by atoms with van der Waals surface area (Å²) in [4.78, 5) is 2.50. The van der Waals surface area contributed by atoms with Crippen LogP contribution in [0.15, 0.2) is 30.3 Å². The number of aryl methyl sites for hydroxylation is 1. The summed E-state index contributed by atoms with van der Waals surface area (Å²) in [6.07, 6.45) is 5.33. The Morgan fingerprint density at radius 3 is 2.71 bits per heavy atom. The molecule has 1 aliphatic rings. The Kier molecular flexibility index (Phi) is 3.20.